The van der Waals surface area contributed by atoms with E-state index < -0.39 is 0 Å². The highest BCUT2D eigenvalue weighted by molar-refractivity contribution is 6.04. The third kappa shape index (κ3) is 2.84. The van der Waals surface area contributed by atoms with Crippen molar-refractivity contribution in [2.45, 2.75) is 26.3 Å². The highest BCUT2D eigenvalue weighted by Crippen LogP contribution is 2.37. The number of rotatable bonds is 3. The van der Waals surface area contributed by atoms with Crippen LogP contribution in [-0.2, 0) is 4.79 Å². The van der Waals surface area contributed by atoms with Crippen LogP contribution in [0.1, 0.15) is 36.1 Å². The summed E-state index contributed by atoms with van der Waals surface area (Å²) in [6.07, 6.45) is 0.685. The van der Waals surface area contributed by atoms with Gasteiger partial charge in [-0.3, -0.25) is 4.79 Å². The van der Waals surface area contributed by atoms with E-state index in [1.807, 2.05) is 36.4 Å². The molecule has 4 nitrogen and oxygen atoms in total. The summed E-state index contributed by atoms with van der Waals surface area (Å²) in [6.45, 7) is 3.61. The lowest BCUT2D eigenvalue weighted by Crippen LogP contribution is -2.24. The number of carbonyl (C=O) groups is 1. The topological polar surface area (TPSA) is 41.9 Å². The van der Waals surface area contributed by atoms with Crippen molar-refractivity contribution in [2.24, 2.45) is 5.10 Å². The van der Waals surface area contributed by atoms with Crippen LogP contribution in [-0.4, -0.2) is 23.7 Å². The quantitative estimate of drug-likeness (QED) is 0.867. The number of hydrogen-bond donors (Lipinski definition) is 0. The van der Waals surface area contributed by atoms with Crippen molar-refractivity contribution in [1.29, 1.82) is 0 Å². The highest BCUT2D eigenvalue weighted by atomic mass is 16.5. The van der Waals surface area contributed by atoms with Crippen molar-refractivity contribution in [3.63, 3.8) is 0 Å². The van der Waals surface area contributed by atoms with Gasteiger partial charge in [-0.25, -0.2) is 5.01 Å². The number of carbonyl (C=O) groups excluding carboxylic acids is 1. The van der Waals surface area contributed by atoms with Crippen LogP contribution >= 0.6 is 0 Å². The fraction of sp³-hybridized carbons (Fsp3) is 0.263. The third-order valence-electron chi connectivity index (χ3n) is 4.19. The molecule has 2 aromatic rings. The maximum atomic E-state index is 12.1. The Kier molecular flexibility index (Phi) is 4.15. The van der Waals surface area contributed by atoms with Crippen molar-refractivity contribution in [2.75, 3.05) is 7.11 Å². The number of para-hydroxylation sites is 1. The lowest BCUT2D eigenvalue weighted by atomic mass is 9.95. The molecule has 1 atom stereocenters. The number of hydrogen-bond acceptors (Lipinski definition) is 3. The fourth-order valence-corrected chi connectivity index (χ4v) is 3.04. The van der Waals surface area contributed by atoms with E-state index in [-0.39, 0.29) is 11.9 Å². The molecule has 0 saturated carbocycles. The highest BCUT2D eigenvalue weighted by Gasteiger charge is 2.33. The summed E-state index contributed by atoms with van der Waals surface area (Å²) in [6, 6.07) is 15.8. The molecule has 0 aliphatic carbocycles. The minimum Gasteiger partial charge on any atom is -0.496 e. The Balaban J connectivity index is 2.01. The first kappa shape index (κ1) is 15.3. The van der Waals surface area contributed by atoms with Crippen molar-refractivity contribution in [3.8, 4) is 5.75 Å². The molecule has 1 heterocycles. The van der Waals surface area contributed by atoms with Crippen molar-refractivity contribution >= 4 is 11.6 Å². The molecule has 0 N–H and O–H groups in total. The molecule has 0 spiro atoms. The van der Waals surface area contributed by atoms with Crippen molar-refractivity contribution < 1.29 is 9.53 Å². The van der Waals surface area contributed by atoms with E-state index in [0.717, 1.165) is 28.2 Å². The van der Waals surface area contributed by atoms with Gasteiger partial charge in [0.2, 0.25) is 5.91 Å². The van der Waals surface area contributed by atoms with E-state index in [0.29, 0.717) is 6.42 Å². The second-order valence-corrected chi connectivity index (χ2v) is 5.69. The van der Waals surface area contributed by atoms with Gasteiger partial charge in [0.05, 0.1) is 18.9 Å². The Morgan fingerprint density at radius 1 is 1.17 bits per heavy atom. The predicted octanol–water partition coefficient (Wildman–Crippen LogP) is 3.70. The maximum Gasteiger partial charge on any atom is 0.240 e. The fourth-order valence-electron chi connectivity index (χ4n) is 3.04. The molecular weight excluding hydrogens is 288 g/mol. The van der Waals surface area contributed by atoms with Gasteiger partial charge in [-0.05, 0) is 18.6 Å². The van der Waals surface area contributed by atoms with Gasteiger partial charge >= 0.3 is 0 Å². The normalized spacial score (nSPS) is 17.1. The van der Waals surface area contributed by atoms with Gasteiger partial charge in [-0.1, -0.05) is 42.5 Å². The number of nitrogens with zero attached hydrogens (tertiary/aromatic N) is 2. The summed E-state index contributed by atoms with van der Waals surface area (Å²) < 4.78 is 5.46. The molecule has 0 radical (unpaired) electrons. The van der Waals surface area contributed by atoms with E-state index in [9.17, 15) is 4.79 Å². The van der Waals surface area contributed by atoms with Crippen molar-refractivity contribution in [1.82, 2.24) is 5.01 Å². The van der Waals surface area contributed by atoms with Gasteiger partial charge in [0.1, 0.15) is 5.75 Å². The zero-order valence-corrected chi connectivity index (χ0v) is 13.6. The molecule has 0 fully saturated rings. The number of ether oxygens (including phenoxy) is 1. The largest absolute Gasteiger partial charge is 0.496 e. The number of benzene rings is 2. The number of aryl methyl sites for hydroxylation is 1. The first-order valence-electron chi connectivity index (χ1n) is 7.68. The van der Waals surface area contributed by atoms with Crippen LogP contribution in [0.4, 0.5) is 0 Å². The summed E-state index contributed by atoms with van der Waals surface area (Å²) in [5, 5.41) is 6.17. The third-order valence-corrected chi connectivity index (χ3v) is 4.19. The molecule has 23 heavy (non-hydrogen) atoms. The number of amides is 1. The maximum absolute atomic E-state index is 12.1. The summed E-state index contributed by atoms with van der Waals surface area (Å²) in [5.74, 6) is 0.717. The van der Waals surface area contributed by atoms with Gasteiger partial charge in [-0.2, -0.15) is 5.10 Å². The molecule has 1 aliphatic rings. The molecule has 2 aromatic carbocycles. The van der Waals surface area contributed by atoms with Gasteiger partial charge in [0, 0.05) is 24.5 Å². The average molecular weight is 308 g/mol. The molecule has 1 aliphatic heterocycles. The van der Waals surface area contributed by atoms with Crippen molar-refractivity contribution in [3.05, 3.63) is 65.2 Å². The van der Waals surface area contributed by atoms with Crippen LogP contribution in [0.15, 0.2) is 53.6 Å². The number of hydrazone groups is 1. The first-order valence-corrected chi connectivity index (χ1v) is 7.68. The SMILES string of the molecule is COc1ccccc1C1CC(c2ccccc2C)=NN1C(C)=O. The Bertz CT molecular complexity index is 767. The van der Waals surface area contributed by atoms with Crippen LogP contribution in [0.3, 0.4) is 0 Å². The zero-order valence-electron chi connectivity index (χ0n) is 13.6. The summed E-state index contributed by atoms with van der Waals surface area (Å²) in [7, 11) is 1.65. The predicted molar refractivity (Wildman–Crippen MR) is 90.6 cm³/mol. The molecule has 1 amide bonds. The van der Waals surface area contributed by atoms with E-state index >= 15 is 0 Å². The second kappa shape index (κ2) is 6.24. The summed E-state index contributed by atoms with van der Waals surface area (Å²) in [4.78, 5) is 12.1. The first-order chi connectivity index (χ1) is 11.1. The minimum atomic E-state index is -0.127. The van der Waals surface area contributed by atoms with Crippen LogP contribution in [0.25, 0.3) is 0 Å². The average Bonchev–Trinajstić information content (AvgIpc) is 3.00. The molecule has 0 bridgehead atoms. The van der Waals surface area contributed by atoms with Crippen LogP contribution in [0.5, 0.6) is 5.75 Å². The Morgan fingerprint density at radius 2 is 1.87 bits per heavy atom. The molecule has 118 valence electrons. The second-order valence-electron chi connectivity index (χ2n) is 5.69. The van der Waals surface area contributed by atoms with Crippen LogP contribution in [0, 0.1) is 6.92 Å². The summed E-state index contributed by atoms with van der Waals surface area (Å²) >= 11 is 0. The molecule has 0 saturated heterocycles. The Morgan fingerprint density at radius 3 is 2.57 bits per heavy atom. The molecule has 0 aromatic heterocycles. The van der Waals surface area contributed by atoms with Gasteiger partial charge in [0.25, 0.3) is 0 Å². The van der Waals surface area contributed by atoms with Gasteiger partial charge < -0.3 is 4.74 Å². The monoisotopic (exact) mass is 308 g/mol. The zero-order chi connectivity index (χ0) is 16.4. The summed E-state index contributed by atoms with van der Waals surface area (Å²) in [5.41, 5.74) is 4.18. The number of methoxy groups -OCH3 is 1. The lowest BCUT2D eigenvalue weighted by molar-refractivity contribution is -0.130. The molecular formula is C19H20N2O2. The Hall–Kier alpha value is -2.62. The molecule has 3 rings (SSSR count). The van der Waals surface area contributed by atoms with Gasteiger partial charge in [0.15, 0.2) is 0 Å². The van der Waals surface area contributed by atoms with E-state index in [4.69, 9.17) is 4.74 Å². The van der Waals surface area contributed by atoms with E-state index in [1.165, 1.54) is 0 Å². The Labute approximate surface area is 136 Å². The van der Waals surface area contributed by atoms with Gasteiger partial charge in [-0.15, -0.1) is 0 Å². The lowest BCUT2D eigenvalue weighted by Gasteiger charge is -2.22. The van der Waals surface area contributed by atoms with E-state index in [2.05, 4.69) is 24.2 Å². The molecule has 4 heteroatoms. The van der Waals surface area contributed by atoms with Crippen LogP contribution < -0.4 is 4.74 Å². The minimum absolute atomic E-state index is 0.0653. The standard InChI is InChI=1S/C19H20N2O2/c1-13-8-4-5-9-15(13)17-12-18(21(20-17)14(2)22)16-10-6-7-11-19(16)23-3/h4-11,18H,12H2,1-3H3. The van der Waals surface area contributed by atoms with E-state index in [1.54, 1.807) is 19.0 Å². The molecule has 1 unspecified atom stereocenters. The smallest absolute Gasteiger partial charge is 0.240 e. The van der Waals surface area contributed by atoms with Crippen LogP contribution in [0.2, 0.25) is 0 Å².